The van der Waals surface area contributed by atoms with Gasteiger partial charge in [-0.25, -0.2) is 13.6 Å². The molecule has 0 saturated carbocycles. The van der Waals surface area contributed by atoms with E-state index >= 15 is 0 Å². The van der Waals surface area contributed by atoms with E-state index in [2.05, 4.69) is 0 Å². The summed E-state index contributed by atoms with van der Waals surface area (Å²) in [5.41, 5.74) is 0.106. The summed E-state index contributed by atoms with van der Waals surface area (Å²) in [6, 6.07) is 1.80. The molecule has 1 aromatic carbocycles. The fourth-order valence-electron chi connectivity index (χ4n) is 2.55. The van der Waals surface area contributed by atoms with Crippen molar-refractivity contribution in [1.29, 1.82) is 0 Å². The molecule has 1 saturated heterocycles. The first-order chi connectivity index (χ1) is 10.5. The molecule has 2 N–H and O–H groups in total. The van der Waals surface area contributed by atoms with E-state index in [1.54, 1.807) is 0 Å². The van der Waals surface area contributed by atoms with E-state index in [0.29, 0.717) is 15.6 Å². The summed E-state index contributed by atoms with van der Waals surface area (Å²) in [5, 5.41) is 9.11. The Morgan fingerprint density at radius 3 is 2.73 bits per heavy atom. The summed E-state index contributed by atoms with van der Waals surface area (Å²) in [6.45, 7) is 1.25. The fourth-order valence-corrected chi connectivity index (χ4v) is 3.79. The monoisotopic (exact) mass is 328 g/mol. The standard InChI is InChI=1S/C14H11F2NO4S/c1-6-17-10-5-9(16)8(15)4-7(10)12(19)11(13(17)22-6)14(20)21-3-2-18/h4-6,18H,2-3H2,1H3/p+1. The average molecular weight is 328 g/mol. The van der Waals surface area contributed by atoms with Gasteiger partial charge in [-0.3, -0.25) is 9.69 Å². The van der Waals surface area contributed by atoms with Gasteiger partial charge in [0.15, 0.2) is 33.3 Å². The number of carbonyl (C=O) groups is 2. The number of thioether (sulfide) groups is 1. The molecule has 8 heteroatoms. The van der Waals surface area contributed by atoms with Crippen molar-refractivity contribution in [2.75, 3.05) is 13.2 Å². The molecule has 2 atom stereocenters. The topological polar surface area (TPSA) is 68.0 Å². The molecule has 0 amide bonds. The molecule has 0 radical (unpaired) electrons. The van der Waals surface area contributed by atoms with Gasteiger partial charge in [0.1, 0.15) is 6.61 Å². The third kappa shape index (κ3) is 2.15. The predicted molar refractivity (Wildman–Crippen MR) is 73.4 cm³/mol. The number of hydrogen-bond acceptors (Lipinski definition) is 5. The van der Waals surface area contributed by atoms with E-state index in [1.165, 1.54) is 11.8 Å². The second kappa shape index (κ2) is 5.45. The van der Waals surface area contributed by atoms with Crippen LogP contribution < -0.4 is 4.90 Å². The summed E-state index contributed by atoms with van der Waals surface area (Å²) in [5.74, 6) is -3.72. The van der Waals surface area contributed by atoms with Crippen LogP contribution in [-0.4, -0.2) is 35.4 Å². The van der Waals surface area contributed by atoms with E-state index in [9.17, 15) is 18.4 Å². The SMILES string of the molecule is CC1SC2=C(C(=O)OCCO)C(=O)c3cc(F)c(F)cc3[NH+]21. The van der Waals surface area contributed by atoms with Gasteiger partial charge in [0.25, 0.3) is 0 Å². The van der Waals surface area contributed by atoms with Gasteiger partial charge in [0.05, 0.1) is 12.2 Å². The Hall–Kier alpha value is -1.77. The molecule has 2 aliphatic heterocycles. The molecule has 116 valence electrons. The van der Waals surface area contributed by atoms with Crippen LogP contribution in [0.1, 0.15) is 17.3 Å². The number of hydrogen-bond donors (Lipinski definition) is 2. The molecule has 3 rings (SSSR count). The van der Waals surface area contributed by atoms with Crippen molar-refractivity contribution in [1.82, 2.24) is 0 Å². The molecule has 0 aromatic heterocycles. The zero-order valence-electron chi connectivity index (χ0n) is 11.5. The number of ether oxygens (including phenoxy) is 1. The second-order valence-corrected chi connectivity index (χ2v) is 6.23. The van der Waals surface area contributed by atoms with Gasteiger partial charge in [-0.15, -0.1) is 0 Å². The fraction of sp³-hybridized carbons (Fsp3) is 0.286. The van der Waals surface area contributed by atoms with Gasteiger partial charge < -0.3 is 9.84 Å². The van der Waals surface area contributed by atoms with E-state index in [0.717, 1.165) is 12.1 Å². The number of quaternary nitrogens is 1. The maximum absolute atomic E-state index is 13.5. The number of rotatable bonds is 3. The minimum absolute atomic E-state index is 0.0349. The normalized spacial score (nSPS) is 22.8. The average Bonchev–Trinajstić information content (AvgIpc) is 2.46. The minimum Gasteiger partial charge on any atom is -0.459 e. The molecule has 0 bridgehead atoms. The third-order valence-corrected chi connectivity index (χ3v) is 4.77. The van der Waals surface area contributed by atoms with Gasteiger partial charge in [-0.1, -0.05) is 0 Å². The number of ketones is 1. The Kier molecular flexibility index (Phi) is 3.75. The van der Waals surface area contributed by atoms with Gasteiger partial charge in [-0.2, -0.15) is 0 Å². The zero-order chi connectivity index (χ0) is 16.0. The Labute approximate surface area is 128 Å². The second-order valence-electron chi connectivity index (χ2n) is 4.88. The molecule has 5 nitrogen and oxygen atoms in total. The molecular weight excluding hydrogens is 316 g/mol. The number of nitrogens with one attached hydrogen (secondary N) is 1. The van der Waals surface area contributed by atoms with Crippen LogP contribution in [0.3, 0.4) is 0 Å². The lowest BCUT2D eigenvalue weighted by Crippen LogP contribution is -3.14. The number of carbonyl (C=O) groups excluding carboxylic acids is 2. The zero-order valence-corrected chi connectivity index (χ0v) is 12.3. The summed E-state index contributed by atoms with van der Waals surface area (Å²) >= 11 is 1.30. The Balaban J connectivity index is 2.08. The van der Waals surface area contributed by atoms with Crippen LogP contribution in [0.15, 0.2) is 22.7 Å². The lowest BCUT2D eigenvalue weighted by atomic mass is 9.97. The quantitative estimate of drug-likeness (QED) is 0.625. The number of Topliss-reactive ketones (excluding diaryl/α,β-unsaturated/α-hetero) is 1. The van der Waals surface area contributed by atoms with Crippen LogP contribution in [-0.2, 0) is 9.53 Å². The highest BCUT2D eigenvalue weighted by Gasteiger charge is 2.51. The number of benzene rings is 1. The maximum Gasteiger partial charge on any atom is 0.349 e. The molecule has 2 aliphatic rings. The molecule has 2 unspecified atom stereocenters. The van der Waals surface area contributed by atoms with Crippen molar-refractivity contribution < 1.29 is 33.1 Å². The number of esters is 1. The van der Waals surface area contributed by atoms with Gasteiger partial charge >= 0.3 is 5.97 Å². The van der Waals surface area contributed by atoms with Crippen molar-refractivity contribution in [3.63, 3.8) is 0 Å². The molecule has 0 aliphatic carbocycles. The van der Waals surface area contributed by atoms with Gasteiger partial charge in [-0.05, 0) is 24.8 Å². The first-order valence-electron chi connectivity index (χ1n) is 6.56. The molecule has 0 spiro atoms. The first-order valence-corrected chi connectivity index (χ1v) is 7.44. The van der Waals surface area contributed by atoms with Crippen LogP contribution in [0.4, 0.5) is 14.5 Å². The smallest absolute Gasteiger partial charge is 0.349 e. The number of halogens is 2. The summed E-state index contributed by atoms with van der Waals surface area (Å²) in [6.07, 6.45) is 0. The summed E-state index contributed by atoms with van der Waals surface area (Å²) in [4.78, 5) is 25.1. The maximum atomic E-state index is 13.5. The Morgan fingerprint density at radius 2 is 2.09 bits per heavy atom. The van der Waals surface area contributed by atoms with Gasteiger partial charge in [0, 0.05) is 6.07 Å². The highest BCUT2D eigenvalue weighted by atomic mass is 32.2. The lowest BCUT2D eigenvalue weighted by Gasteiger charge is -2.39. The van der Waals surface area contributed by atoms with E-state index in [1.807, 2.05) is 6.92 Å². The highest BCUT2D eigenvalue weighted by molar-refractivity contribution is 8.04. The first kappa shape index (κ1) is 15.1. The van der Waals surface area contributed by atoms with E-state index < -0.39 is 23.4 Å². The molecule has 1 aromatic rings. The Morgan fingerprint density at radius 1 is 1.41 bits per heavy atom. The van der Waals surface area contributed by atoms with Crippen molar-refractivity contribution in [2.24, 2.45) is 0 Å². The minimum atomic E-state index is -1.14. The van der Waals surface area contributed by atoms with Crippen molar-refractivity contribution in [3.05, 3.63) is 39.9 Å². The lowest BCUT2D eigenvalue weighted by molar-refractivity contribution is -0.806. The number of aliphatic hydroxyl groups excluding tert-OH is 1. The number of aliphatic hydroxyl groups is 1. The van der Waals surface area contributed by atoms with Crippen LogP contribution in [0.5, 0.6) is 0 Å². The van der Waals surface area contributed by atoms with Crippen molar-refractivity contribution in [2.45, 2.75) is 12.3 Å². The van der Waals surface area contributed by atoms with Crippen molar-refractivity contribution in [3.8, 4) is 0 Å². The van der Waals surface area contributed by atoms with E-state index in [4.69, 9.17) is 9.84 Å². The molecule has 22 heavy (non-hydrogen) atoms. The summed E-state index contributed by atoms with van der Waals surface area (Å²) in [7, 11) is 0. The predicted octanol–water partition coefficient (Wildman–Crippen LogP) is 0.517. The largest absolute Gasteiger partial charge is 0.459 e. The molecule has 1 fully saturated rings. The molecular formula is C14H12F2NO4S+. The van der Waals surface area contributed by atoms with Crippen LogP contribution in [0, 0.1) is 11.6 Å². The highest BCUT2D eigenvalue weighted by Crippen LogP contribution is 2.37. The number of fused-ring (bicyclic) bond motifs is 3. The molecule has 2 heterocycles. The Bertz CT molecular complexity index is 719. The summed E-state index contributed by atoms with van der Waals surface area (Å²) < 4.78 is 31.7. The van der Waals surface area contributed by atoms with Crippen molar-refractivity contribution >= 4 is 29.2 Å². The van der Waals surface area contributed by atoms with Gasteiger partial charge in [0.2, 0.25) is 5.78 Å². The van der Waals surface area contributed by atoms with Crippen LogP contribution in [0.2, 0.25) is 0 Å². The van der Waals surface area contributed by atoms with Crippen LogP contribution in [0.25, 0.3) is 0 Å². The van der Waals surface area contributed by atoms with E-state index in [-0.39, 0.29) is 29.7 Å². The third-order valence-electron chi connectivity index (χ3n) is 3.52. The van der Waals surface area contributed by atoms with Crippen LogP contribution >= 0.6 is 11.8 Å².